The van der Waals surface area contributed by atoms with E-state index < -0.39 is 0 Å². The van der Waals surface area contributed by atoms with E-state index in [1.807, 2.05) is 24.3 Å². The summed E-state index contributed by atoms with van der Waals surface area (Å²) < 4.78 is 0. The van der Waals surface area contributed by atoms with Crippen molar-refractivity contribution in [1.29, 1.82) is 0 Å². The Morgan fingerprint density at radius 3 is 2.90 bits per heavy atom. The van der Waals surface area contributed by atoms with Crippen LogP contribution in [0.2, 0.25) is 5.15 Å². The maximum atomic E-state index is 12.6. The van der Waals surface area contributed by atoms with Crippen molar-refractivity contribution in [2.45, 2.75) is 6.54 Å². The van der Waals surface area contributed by atoms with Crippen LogP contribution in [0.25, 0.3) is 0 Å². The molecule has 0 N–H and O–H groups in total. The van der Waals surface area contributed by atoms with E-state index in [1.54, 1.807) is 28.4 Å². The summed E-state index contributed by atoms with van der Waals surface area (Å²) >= 11 is 5.84. The summed E-state index contributed by atoms with van der Waals surface area (Å²) in [6, 6.07) is 11.1. The lowest BCUT2D eigenvalue weighted by atomic mass is 10.2. The summed E-state index contributed by atoms with van der Waals surface area (Å²) in [5.41, 5.74) is 2.56. The van der Waals surface area contributed by atoms with Gasteiger partial charge in [-0.2, -0.15) is 0 Å². The van der Waals surface area contributed by atoms with Crippen molar-refractivity contribution in [3.63, 3.8) is 0 Å². The Morgan fingerprint density at radius 1 is 1.35 bits per heavy atom. The summed E-state index contributed by atoms with van der Waals surface area (Å²) in [7, 11) is 0. The minimum atomic E-state index is -0.134. The number of carbonyl (C=O) groups is 1. The van der Waals surface area contributed by atoms with E-state index in [9.17, 15) is 4.79 Å². The van der Waals surface area contributed by atoms with Gasteiger partial charge in [0.25, 0.3) is 5.91 Å². The third-order valence-corrected chi connectivity index (χ3v) is 3.41. The normalized spacial score (nSPS) is 13.2. The van der Waals surface area contributed by atoms with Gasteiger partial charge in [-0.15, -0.1) is 0 Å². The van der Waals surface area contributed by atoms with Crippen LogP contribution in [-0.2, 0) is 6.54 Å². The molecule has 0 radical (unpaired) electrons. The van der Waals surface area contributed by atoms with E-state index in [4.69, 9.17) is 11.6 Å². The highest BCUT2D eigenvalue weighted by molar-refractivity contribution is 6.29. The molecule has 100 valence electrons. The Bertz CT molecular complexity index is 686. The Kier molecular flexibility index (Phi) is 3.16. The Morgan fingerprint density at radius 2 is 2.15 bits per heavy atom. The molecule has 5 heteroatoms. The molecule has 0 fully saturated rings. The zero-order valence-electron chi connectivity index (χ0n) is 10.7. The molecular formula is C15H12ClN3O. The van der Waals surface area contributed by atoms with Crippen molar-refractivity contribution in [1.82, 2.24) is 9.99 Å². The largest absolute Gasteiger partial charge is 0.273 e. The standard InChI is InChI=1S/C15H12ClN3O/c1-2-18-13-6-4-3-5-12(13)10-19(18)15(20)11-7-8-17-14(16)9-11/h2-9H,1,10H2. The smallest absolute Gasteiger partial charge is 0.267 e. The van der Waals surface area contributed by atoms with E-state index in [-0.39, 0.29) is 5.91 Å². The van der Waals surface area contributed by atoms with E-state index >= 15 is 0 Å². The van der Waals surface area contributed by atoms with Crippen LogP contribution >= 0.6 is 11.6 Å². The zero-order valence-corrected chi connectivity index (χ0v) is 11.4. The van der Waals surface area contributed by atoms with Gasteiger partial charge in [0.05, 0.1) is 12.2 Å². The second-order valence-electron chi connectivity index (χ2n) is 4.39. The second kappa shape index (κ2) is 4.98. The number of halogens is 1. The third kappa shape index (κ3) is 2.04. The molecule has 0 aliphatic carbocycles. The van der Waals surface area contributed by atoms with Gasteiger partial charge in [-0.05, 0) is 23.8 Å². The summed E-state index contributed by atoms with van der Waals surface area (Å²) in [6.45, 7) is 4.29. The Balaban J connectivity index is 1.96. The highest BCUT2D eigenvalue weighted by atomic mass is 35.5. The maximum Gasteiger partial charge on any atom is 0.273 e. The van der Waals surface area contributed by atoms with Gasteiger partial charge in [-0.1, -0.05) is 36.4 Å². The van der Waals surface area contributed by atoms with Gasteiger partial charge in [0.2, 0.25) is 0 Å². The predicted octanol–water partition coefficient (Wildman–Crippen LogP) is 3.26. The molecule has 1 amide bonds. The number of amides is 1. The average Bonchev–Trinajstić information content (AvgIpc) is 2.85. The van der Waals surface area contributed by atoms with Crippen molar-refractivity contribution in [2.24, 2.45) is 0 Å². The molecule has 4 nitrogen and oxygen atoms in total. The first-order chi connectivity index (χ1) is 9.70. The topological polar surface area (TPSA) is 36.4 Å². The summed E-state index contributed by atoms with van der Waals surface area (Å²) in [4.78, 5) is 16.5. The van der Waals surface area contributed by atoms with Crippen molar-refractivity contribution >= 4 is 23.2 Å². The number of hydrogen-bond acceptors (Lipinski definition) is 3. The van der Waals surface area contributed by atoms with Crippen LogP contribution in [0.4, 0.5) is 5.69 Å². The summed E-state index contributed by atoms with van der Waals surface area (Å²) in [5.74, 6) is -0.134. The lowest BCUT2D eigenvalue weighted by Crippen LogP contribution is -2.38. The van der Waals surface area contributed by atoms with Gasteiger partial charge in [-0.25, -0.2) is 9.99 Å². The minimum Gasteiger partial charge on any atom is -0.267 e. The van der Waals surface area contributed by atoms with Crippen LogP contribution in [0.5, 0.6) is 0 Å². The Hall–Kier alpha value is -2.33. The monoisotopic (exact) mass is 285 g/mol. The van der Waals surface area contributed by atoms with E-state index in [1.165, 1.54) is 6.20 Å². The third-order valence-electron chi connectivity index (χ3n) is 3.20. The first kappa shape index (κ1) is 12.7. The Labute approximate surface area is 121 Å². The molecule has 0 spiro atoms. The van der Waals surface area contributed by atoms with Crippen LogP contribution in [0.3, 0.4) is 0 Å². The molecule has 2 aromatic rings. The van der Waals surface area contributed by atoms with Gasteiger partial charge < -0.3 is 0 Å². The molecule has 20 heavy (non-hydrogen) atoms. The van der Waals surface area contributed by atoms with Crippen molar-refractivity contribution < 1.29 is 4.79 Å². The fourth-order valence-corrected chi connectivity index (χ4v) is 2.46. The molecule has 1 aliphatic rings. The number of aromatic nitrogens is 1. The number of hydrazine groups is 1. The summed E-state index contributed by atoms with van der Waals surface area (Å²) in [6.07, 6.45) is 3.16. The van der Waals surface area contributed by atoms with Crippen LogP contribution in [0.1, 0.15) is 15.9 Å². The van der Waals surface area contributed by atoms with Gasteiger partial charge in [0.1, 0.15) is 5.15 Å². The van der Waals surface area contributed by atoms with Crippen molar-refractivity contribution in [3.05, 3.63) is 71.7 Å². The molecular weight excluding hydrogens is 274 g/mol. The molecule has 1 aliphatic heterocycles. The molecule has 0 saturated carbocycles. The van der Waals surface area contributed by atoms with Crippen LogP contribution in [0.15, 0.2) is 55.4 Å². The lowest BCUT2D eigenvalue weighted by Gasteiger charge is -2.26. The SMILES string of the molecule is C=CN1c2ccccc2CN1C(=O)c1ccnc(Cl)c1. The van der Waals surface area contributed by atoms with Crippen molar-refractivity contribution in [2.75, 3.05) is 5.01 Å². The van der Waals surface area contributed by atoms with E-state index in [0.717, 1.165) is 11.3 Å². The number of nitrogens with zero attached hydrogens (tertiary/aromatic N) is 3. The zero-order chi connectivity index (χ0) is 14.1. The number of benzene rings is 1. The van der Waals surface area contributed by atoms with Crippen LogP contribution < -0.4 is 5.01 Å². The molecule has 1 aromatic carbocycles. The van der Waals surface area contributed by atoms with E-state index in [2.05, 4.69) is 11.6 Å². The number of pyridine rings is 1. The van der Waals surface area contributed by atoms with Gasteiger partial charge in [0, 0.05) is 18.0 Å². The number of para-hydroxylation sites is 1. The molecule has 0 atom stereocenters. The quantitative estimate of drug-likeness (QED) is 0.795. The lowest BCUT2D eigenvalue weighted by molar-refractivity contribution is 0.0758. The molecule has 0 unspecified atom stereocenters. The number of hydrogen-bond donors (Lipinski definition) is 0. The summed E-state index contributed by atoms with van der Waals surface area (Å²) in [5, 5.41) is 3.69. The number of rotatable bonds is 2. The predicted molar refractivity (Wildman–Crippen MR) is 78.2 cm³/mol. The molecule has 0 bridgehead atoms. The first-order valence-electron chi connectivity index (χ1n) is 6.14. The molecule has 2 heterocycles. The number of carbonyl (C=O) groups excluding carboxylic acids is 1. The molecule has 3 rings (SSSR count). The van der Waals surface area contributed by atoms with Gasteiger partial charge in [0.15, 0.2) is 0 Å². The maximum absolute atomic E-state index is 12.6. The van der Waals surface area contributed by atoms with Gasteiger partial charge >= 0.3 is 0 Å². The average molecular weight is 286 g/mol. The number of fused-ring (bicyclic) bond motifs is 1. The highest BCUT2D eigenvalue weighted by Gasteiger charge is 2.29. The molecule has 1 aromatic heterocycles. The minimum absolute atomic E-state index is 0.134. The van der Waals surface area contributed by atoms with Crippen molar-refractivity contribution in [3.8, 4) is 0 Å². The first-order valence-corrected chi connectivity index (χ1v) is 6.51. The van der Waals surface area contributed by atoms with E-state index in [0.29, 0.717) is 17.3 Å². The molecule has 0 saturated heterocycles. The number of anilines is 1. The van der Waals surface area contributed by atoms with Crippen LogP contribution in [0, 0.1) is 0 Å². The van der Waals surface area contributed by atoms with Gasteiger partial charge in [-0.3, -0.25) is 9.80 Å². The highest BCUT2D eigenvalue weighted by Crippen LogP contribution is 2.32. The van der Waals surface area contributed by atoms with Crippen LogP contribution in [-0.4, -0.2) is 15.9 Å². The second-order valence-corrected chi connectivity index (χ2v) is 4.77. The fourth-order valence-electron chi connectivity index (χ4n) is 2.29. The fraction of sp³-hybridized carbons (Fsp3) is 0.0667.